The molecule has 2 N–H and O–H groups in total. The minimum atomic E-state index is -0.852. The minimum Gasteiger partial charge on any atom is -0.496 e. The molecule has 3 saturated heterocycles. The number of amides is 2. The minimum absolute atomic E-state index is 0.184. The smallest absolute Gasteiger partial charge is 0.259 e. The number of hydrogen-bond donors (Lipinski definition) is 2. The quantitative estimate of drug-likeness (QED) is 0.285. The summed E-state index contributed by atoms with van der Waals surface area (Å²) in [7, 11) is 1.54. The monoisotopic (exact) mass is 591 g/mol. The van der Waals surface area contributed by atoms with Gasteiger partial charge in [0, 0.05) is 16.9 Å². The molecule has 3 fully saturated rings. The number of methoxy groups -OCH3 is 1. The highest BCUT2D eigenvalue weighted by Gasteiger charge is 2.68. The van der Waals surface area contributed by atoms with E-state index >= 15 is 0 Å². The molecule has 3 heterocycles. The Hall–Kier alpha value is -4.54. The van der Waals surface area contributed by atoms with E-state index < -0.39 is 23.7 Å². The molecule has 0 bridgehead atoms. The van der Waals surface area contributed by atoms with Crippen molar-refractivity contribution in [3.8, 4) is 5.75 Å². The Morgan fingerprint density at radius 3 is 2.05 bits per heavy atom. The van der Waals surface area contributed by atoms with Gasteiger partial charge in [0.25, 0.3) is 11.8 Å². The molecule has 7 rings (SSSR count). The largest absolute Gasteiger partial charge is 0.496 e. The van der Waals surface area contributed by atoms with E-state index in [1.807, 2.05) is 86.6 Å². The van der Waals surface area contributed by atoms with Crippen molar-refractivity contribution >= 4 is 23.2 Å². The highest BCUT2D eigenvalue weighted by Crippen LogP contribution is 2.56. The Morgan fingerprint density at radius 2 is 1.36 bits per heavy atom. The average molecular weight is 592 g/mol. The van der Waals surface area contributed by atoms with Gasteiger partial charge >= 0.3 is 0 Å². The first-order chi connectivity index (χ1) is 21.3. The van der Waals surface area contributed by atoms with E-state index in [0.29, 0.717) is 34.9 Å². The summed E-state index contributed by atoms with van der Waals surface area (Å²) in [5.74, 6) is 0.0491. The highest BCUT2D eigenvalue weighted by molar-refractivity contribution is 6.06. The molecule has 0 saturated carbocycles. The number of ether oxygens (including phenoxy) is 4. The first-order valence-electron chi connectivity index (χ1n) is 14.6. The summed E-state index contributed by atoms with van der Waals surface area (Å²) >= 11 is 0. The lowest BCUT2D eigenvalue weighted by atomic mass is 9.93. The maximum Gasteiger partial charge on any atom is 0.259 e. The van der Waals surface area contributed by atoms with E-state index in [0.717, 1.165) is 11.1 Å². The summed E-state index contributed by atoms with van der Waals surface area (Å²) in [6.07, 6.45) is -1.16. The van der Waals surface area contributed by atoms with Crippen LogP contribution in [0.5, 0.6) is 5.75 Å². The van der Waals surface area contributed by atoms with E-state index in [9.17, 15) is 9.59 Å². The molecule has 224 valence electrons. The van der Waals surface area contributed by atoms with Crippen LogP contribution >= 0.6 is 0 Å². The van der Waals surface area contributed by atoms with Crippen molar-refractivity contribution in [2.24, 2.45) is 0 Å². The molecule has 0 unspecified atom stereocenters. The van der Waals surface area contributed by atoms with Gasteiger partial charge in [-0.15, -0.1) is 0 Å². The third kappa shape index (κ3) is 4.65. The van der Waals surface area contributed by atoms with E-state index in [-0.39, 0.29) is 18.0 Å². The highest BCUT2D eigenvalue weighted by atomic mass is 16.7. The molecule has 2 amide bonds. The van der Waals surface area contributed by atoms with Gasteiger partial charge in [0.05, 0.1) is 19.3 Å². The molecule has 4 aromatic rings. The van der Waals surface area contributed by atoms with Gasteiger partial charge < -0.3 is 29.6 Å². The van der Waals surface area contributed by atoms with Gasteiger partial charge in [0.2, 0.25) is 0 Å². The van der Waals surface area contributed by atoms with E-state index in [1.54, 1.807) is 37.4 Å². The maximum atomic E-state index is 13.1. The standard InChI is InChI=1S/C35H33N3O6/c1-34(23-13-9-16-26(19-23)37-31(40)27-17-7-8-18-28(27)41-3)32-38-29(21-42-32)43-35(2,33(38)44-34)24-14-10-15-25(20-24)36-30(39)22-11-5-4-6-12-22/h4-20,29,32-33H,21H2,1-3H3,(H,36,39)(H,37,40)/t29-,32-,33-,34-,35-/m0/s1. The Kier molecular flexibility index (Phi) is 6.98. The van der Waals surface area contributed by atoms with Crippen LogP contribution in [-0.4, -0.2) is 49.1 Å². The van der Waals surface area contributed by atoms with Crippen LogP contribution in [0.4, 0.5) is 11.4 Å². The molecule has 3 aliphatic heterocycles. The Labute approximate surface area is 255 Å². The van der Waals surface area contributed by atoms with Crippen LogP contribution in [0.2, 0.25) is 0 Å². The molecule has 0 radical (unpaired) electrons. The summed E-state index contributed by atoms with van der Waals surface area (Å²) in [6, 6.07) is 31.5. The first kappa shape index (κ1) is 28.2. The zero-order valence-corrected chi connectivity index (χ0v) is 24.7. The summed E-state index contributed by atoms with van der Waals surface area (Å²) in [4.78, 5) is 28.1. The second kappa shape index (κ2) is 10.9. The van der Waals surface area contributed by atoms with Gasteiger partial charge in [0.1, 0.15) is 35.6 Å². The zero-order chi connectivity index (χ0) is 30.5. The molecule has 4 aromatic carbocycles. The van der Waals surface area contributed by atoms with Gasteiger partial charge in [-0.1, -0.05) is 54.6 Å². The third-order valence-corrected chi connectivity index (χ3v) is 8.73. The number of benzene rings is 4. The molecule has 0 aromatic heterocycles. The molecule has 0 aliphatic carbocycles. The number of hydrogen-bond acceptors (Lipinski definition) is 7. The van der Waals surface area contributed by atoms with Crippen molar-refractivity contribution < 1.29 is 28.5 Å². The number of carbonyl (C=O) groups excluding carboxylic acids is 2. The molecule has 9 nitrogen and oxygen atoms in total. The second-order valence-corrected chi connectivity index (χ2v) is 11.5. The lowest BCUT2D eigenvalue weighted by Gasteiger charge is -2.33. The van der Waals surface area contributed by atoms with Crippen LogP contribution in [-0.2, 0) is 25.4 Å². The molecule has 0 spiro atoms. The summed E-state index contributed by atoms with van der Waals surface area (Å²) < 4.78 is 25.1. The molecule has 44 heavy (non-hydrogen) atoms. The first-order valence-corrected chi connectivity index (χ1v) is 14.6. The number of nitrogens with one attached hydrogen (secondary N) is 2. The van der Waals surface area contributed by atoms with Crippen LogP contribution in [0, 0.1) is 0 Å². The van der Waals surface area contributed by atoms with Crippen LogP contribution < -0.4 is 15.4 Å². The number of nitrogens with zero attached hydrogens (tertiary/aromatic N) is 1. The molecule has 9 heteroatoms. The van der Waals surface area contributed by atoms with Crippen molar-refractivity contribution in [1.82, 2.24) is 4.90 Å². The van der Waals surface area contributed by atoms with Gasteiger partial charge in [-0.3, -0.25) is 9.59 Å². The maximum absolute atomic E-state index is 13.1. The summed E-state index contributed by atoms with van der Waals surface area (Å²) in [6.45, 7) is 4.42. The Balaban J connectivity index is 1.15. The van der Waals surface area contributed by atoms with Gasteiger partial charge in [-0.25, -0.2) is 4.90 Å². The van der Waals surface area contributed by atoms with Crippen LogP contribution in [0.15, 0.2) is 103 Å². The number of rotatable bonds is 7. The third-order valence-electron chi connectivity index (χ3n) is 8.73. The van der Waals surface area contributed by atoms with E-state index in [1.165, 1.54) is 0 Å². The fourth-order valence-corrected chi connectivity index (χ4v) is 6.45. The van der Waals surface area contributed by atoms with E-state index in [2.05, 4.69) is 15.5 Å². The molecular weight excluding hydrogens is 558 g/mol. The lowest BCUT2D eigenvalue weighted by Crippen LogP contribution is -2.40. The summed E-state index contributed by atoms with van der Waals surface area (Å²) in [5.41, 5.74) is 2.37. The number of para-hydroxylation sites is 1. The lowest BCUT2D eigenvalue weighted by molar-refractivity contribution is -0.138. The van der Waals surface area contributed by atoms with Crippen molar-refractivity contribution in [2.45, 2.75) is 43.7 Å². The molecular formula is C35H33N3O6. The topological polar surface area (TPSA) is 98.4 Å². The molecule has 3 aliphatic rings. The van der Waals surface area contributed by atoms with Crippen molar-refractivity contribution in [2.75, 3.05) is 24.4 Å². The van der Waals surface area contributed by atoms with Gasteiger partial charge in [-0.05, 0) is 73.5 Å². The summed E-state index contributed by atoms with van der Waals surface area (Å²) in [5, 5.41) is 6.00. The second-order valence-electron chi connectivity index (χ2n) is 11.5. The SMILES string of the molecule is COc1ccccc1C(=O)Nc1cccc([C@]2(C)O[C@@H]3N4[C@H](CO[C@H]42)O[C@@]3(C)c2cccc(NC(=O)c3ccccc3)c2)c1. The van der Waals surface area contributed by atoms with E-state index in [4.69, 9.17) is 18.9 Å². The fraction of sp³-hybridized carbons (Fsp3) is 0.257. The van der Waals surface area contributed by atoms with Crippen molar-refractivity contribution in [3.05, 3.63) is 125 Å². The molecule has 5 atom stereocenters. The predicted octanol–water partition coefficient (Wildman–Crippen LogP) is 5.70. The van der Waals surface area contributed by atoms with Gasteiger partial charge in [0.15, 0.2) is 0 Å². The average Bonchev–Trinajstić information content (AvgIpc) is 3.70. The van der Waals surface area contributed by atoms with Crippen LogP contribution in [0.3, 0.4) is 0 Å². The van der Waals surface area contributed by atoms with Crippen molar-refractivity contribution in [3.63, 3.8) is 0 Å². The van der Waals surface area contributed by atoms with Gasteiger partial charge in [-0.2, -0.15) is 0 Å². The van der Waals surface area contributed by atoms with Crippen molar-refractivity contribution in [1.29, 1.82) is 0 Å². The zero-order valence-electron chi connectivity index (χ0n) is 24.7. The predicted molar refractivity (Wildman–Crippen MR) is 164 cm³/mol. The number of carbonyl (C=O) groups is 2. The fourth-order valence-electron chi connectivity index (χ4n) is 6.45. The Bertz CT molecular complexity index is 1730. The van der Waals surface area contributed by atoms with Crippen LogP contribution in [0.1, 0.15) is 45.7 Å². The normalized spacial score (nSPS) is 27.1. The Morgan fingerprint density at radius 1 is 0.750 bits per heavy atom. The number of anilines is 2. The van der Waals surface area contributed by atoms with Crippen LogP contribution in [0.25, 0.3) is 0 Å².